The van der Waals surface area contributed by atoms with Crippen molar-refractivity contribution in [2.45, 2.75) is 39.3 Å². The summed E-state index contributed by atoms with van der Waals surface area (Å²) >= 11 is 0. The molecule has 0 fully saturated rings. The van der Waals surface area contributed by atoms with Gasteiger partial charge in [0.25, 0.3) is 11.8 Å². The van der Waals surface area contributed by atoms with Gasteiger partial charge in [-0.1, -0.05) is 44.5 Å². The first-order chi connectivity index (χ1) is 11.9. The Balaban J connectivity index is 2.77. The minimum Gasteiger partial charge on any atom is -0.451 e. The summed E-state index contributed by atoms with van der Waals surface area (Å²) < 4.78 is 5.23. The van der Waals surface area contributed by atoms with Gasteiger partial charge in [0.15, 0.2) is 6.10 Å². The molecule has 0 aliphatic heterocycles. The zero-order chi connectivity index (χ0) is 18.8. The van der Waals surface area contributed by atoms with Crippen LogP contribution in [0.15, 0.2) is 43.0 Å². The molecule has 0 radical (unpaired) electrons. The maximum Gasteiger partial charge on any atom is 0.329 e. The number of carbonyl (C=O) groups excluding carboxylic acids is 3. The van der Waals surface area contributed by atoms with Gasteiger partial charge >= 0.3 is 5.97 Å². The van der Waals surface area contributed by atoms with Gasteiger partial charge in [-0.3, -0.25) is 9.59 Å². The van der Waals surface area contributed by atoms with E-state index >= 15 is 0 Å². The Bertz CT molecular complexity index is 601. The van der Waals surface area contributed by atoms with Crippen LogP contribution in [0.25, 0.3) is 0 Å². The van der Waals surface area contributed by atoms with Crippen LogP contribution in [0.4, 0.5) is 0 Å². The Labute approximate surface area is 148 Å². The molecule has 0 heterocycles. The Morgan fingerprint density at radius 1 is 1.20 bits per heavy atom. The molecule has 0 aromatic heterocycles. The normalized spacial score (nSPS) is 13.9. The molecule has 25 heavy (non-hydrogen) atoms. The minimum atomic E-state index is -0.951. The molecule has 3 atom stereocenters. The predicted molar refractivity (Wildman–Crippen MR) is 95.9 cm³/mol. The van der Waals surface area contributed by atoms with Crippen LogP contribution >= 0.6 is 0 Å². The molecule has 0 aliphatic rings. The minimum absolute atomic E-state index is 0.136. The lowest BCUT2D eigenvalue weighted by atomic mass is 9.98. The van der Waals surface area contributed by atoms with Gasteiger partial charge in [0, 0.05) is 12.1 Å². The Morgan fingerprint density at radius 2 is 1.84 bits per heavy atom. The third kappa shape index (κ3) is 6.41. The van der Waals surface area contributed by atoms with Gasteiger partial charge in [-0.25, -0.2) is 4.79 Å². The fraction of sp³-hybridized carbons (Fsp3) is 0.421. The number of benzene rings is 1. The highest BCUT2D eigenvalue weighted by Crippen LogP contribution is 2.12. The number of rotatable bonds is 9. The van der Waals surface area contributed by atoms with E-state index in [-0.39, 0.29) is 11.8 Å². The Morgan fingerprint density at radius 3 is 2.40 bits per heavy atom. The zero-order valence-electron chi connectivity index (χ0n) is 15.0. The molecule has 1 aromatic carbocycles. The second-order valence-corrected chi connectivity index (χ2v) is 5.82. The molecule has 0 aliphatic carbocycles. The van der Waals surface area contributed by atoms with E-state index in [0.717, 1.165) is 0 Å². The van der Waals surface area contributed by atoms with E-state index in [4.69, 9.17) is 4.74 Å². The SMILES string of the molecule is C=CCNC(=O)[C@@H](C)OC(=O)[C@@H](NC(=O)c1ccccc1)[C@@H](C)CC. The van der Waals surface area contributed by atoms with E-state index in [1.807, 2.05) is 13.8 Å². The summed E-state index contributed by atoms with van der Waals surface area (Å²) in [4.78, 5) is 36.6. The van der Waals surface area contributed by atoms with Crippen molar-refractivity contribution in [3.8, 4) is 0 Å². The quantitative estimate of drug-likeness (QED) is 0.529. The van der Waals surface area contributed by atoms with Crippen molar-refractivity contribution in [1.82, 2.24) is 10.6 Å². The van der Waals surface area contributed by atoms with Crippen molar-refractivity contribution in [2.75, 3.05) is 6.54 Å². The van der Waals surface area contributed by atoms with Crippen molar-refractivity contribution in [3.05, 3.63) is 48.6 Å². The molecular weight excluding hydrogens is 320 g/mol. The first-order valence-electron chi connectivity index (χ1n) is 8.35. The van der Waals surface area contributed by atoms with E-state index < -0.39 is 24.0 Å². The van der Waals surface area contributed by atoms with E-state index in [1.54, 1.807) is 30.3 Å². The van der Waals surface area contributed by atoms with Crippen LogP contribution < -0.4 is 10.6 Å². The molecule has 2 amide bonds. The summed E-state index contributed by atoms with van der Waals surface area (Å²) in [5, 5.41) is 5.27. The highest BCUT2D eigenvalue weighted by Gasteiger charge is 2.30. The van der Waals surface area contributed by atoms with Crippen LogP contribution in [0.3, 0.4) is 0 Å². The number of carbonyl (C=O) groups is 3. The van der Waals surface area contributed by atoms with Crippen LogP contribution in [0.5, 0.6) is 0 Å². The Hall–Kier alpha value is -2.63. The fourth-order valence-corrected chi connectivity index (χ4v) is 2.10. The largest absolute Gasteiger partial charge is 0.451 e. The third-order valence-corrected chi connectivity index (χ3v) is 3.87. The molecule has 0 bridgehead atoms. The van der Waals surface area contributed by atoms with Gasteiger partial charge in [0.05, 0.1) is 0 Å². The average molecular weight is 346 g/mol. The van der Waals surface area contributed by atoms with Crippen molar-refractivity contribution >= 4 is 17.8 Å². The number of amides is 2. The average Bonchev–Trinajstić information content (AvgIpc) is 2.63. The standard InChI is InChI=1S/C19H26N2O4/c1-5-12-20-17(22)14(4)25-19(24)16(13(3)6-2)21-18(23)15-10-8-7-9-11-15/h5,7-11,13-14,16H,1,6,12H2,2-4H3,(H,20,22)(H,21,23)/t13-,14+,16-/m0/s1. The molecule has 0 saturated carbocycles. The first-order valence-corrected chi connectivity index (χ1v) is 8.35. The third-order valence-electron chi connectivity index (χ3n) is 3.87. The van der Waals surface area contributed by atoms with Crippen LogP contribution in [0.1, 0.15) is 37.6 Å². The number of hydrogen-bond acceptors (Lipinski definition) is 4. The summed E-state index contributed by atoms with van der Waals surface area (Å²) in [5.74, 6) is -1.53. The molecule has 2 N–H and O–H groups in total. The van der Waals surface area contributed by atoms with Gasteiger partial charge in [0.1, 0.15) is 6.04 Å². The second-order valence-electron chi connectivity index (χ2n) is 5.82. The molecule has 0 unspecified atom stereocenters. The molecular formula is C19H26N2O4. The summed E-state index contributed by atoms with van der Waals surface area (Å²) in [6.07, 6.45) is 1.26. The summed E-state index contributed by atoms with van der Waals surface area (Å²) in [6, 6.07) is 7.81. The first kappa shape index (κ1) is 20.4. The second kappa shape index (κ2) is 10.3. The number of hydrogen-bond donors (Lipinski definition) is 2. The molecule has 0 saturated heterocycles. The maximum atomic E-state index is 12.5. The molecule has 6 heteroatoms. The monoisotopic (exact) mass is 346 g/mol. The van der Waals surface area contributed by atoms with E-state index in [2.05, 4.69) is 17.2 Å². The highest BCUT2D eigenvalue weighted by molar-refractivity contribution is 5.97. The van der Waals surface area contributed by atoms with Crippen LogP contribution in [0.2, 0.25) is 0 Å². The smallest absolute Gasteiger partial charge is 0.329 e. The molecule has 6 nitrogen and oxygen atoms in total. The fourth-order valence-electron chi connectivity index (χ4n) is 2.10. The van der Waals surface area contributed by atoms with Crippen LogP contribution in [-0.4, -0.2) is 36.5 Å². The van der Waals surface area contributed by atoms with Crippen LogP contribution in [-0.2, 0) is 14.3 Å². The molecule has 1 aromatic rings. The zero-order valence-corrected chi connectivity index (χ0v) is 15.0. The number of esters is 1. The van der Waals surface area contributed by atoms with E-state index in [0.29, 0.717) is 18.5 Å². The number of nitrogens with one attached hydrogen (secondary N) is 2. The number of ether oxygens (including phenoxy) is 1. The van der Waals surface area contributed by atoms with Crippen molar-refractivity contribution in [1.29, 1.82) is 0 Å². The van der Waals surface area contributed by atoms with Gasteiger partial charge in [-0.2, -0.15) is 0 Å². The summed E-state index contributed by atoms with van der Waals surface area (Å²) in [5.41, 5.74) is 0.459. The molecule has 1 rings (SSSR count). The lowest BCUT2D eigenvalue weighted by Crippen LogP contribution is -2.48. The molecule has 136 valence electrons. The van der Waals surface area contributed by atoms with Gasteiger partial charge < -0.3 is 15.4 Å². The van der Waals surface area contributed by atoms with Crippen molar-refractivity contribution in [3.63, 3.8) is 0 Å². The lowest BCUT2D eigenvalue weighted by molar-refractivity contribution is -0.157. The topological polar surface area (TPSA) is 84.5 Å². The van der Waals surface area contributed by atoms with E-state index in [1.165, 1.54) is 13.0 Å². The van der Waals surface area contributed by atoms with Gasteiger partial charge in [0.2, 0.25) is 0 Å². The van der Waals surface area contributed by atoms with E-state index in [9.17, 15) is 14.4 Å². The Kier molecular flexibility index (Phi) is 8.39. The van der Waals surface area contributed by atoms with Crippen molar-refractivity contribution < 1.29 is 19.1 Å². The van der Waals surface area contributed by atoms with Crippen molar-refractivity contribution in [2.24, 2.45) is 5.92 Å². The van der Waals surface area contributed by atoms with Gasteiger partial charge in [-0.15, -0.1) is 6.58 Å². The summed E-state index contributed by atoms with van der Waals surface area (Å²) in [7, 11) is 0. The van der Waals surface area contributed by atoms with Gasteiger partial charge in [-0.05, 0) is 25.0 Å². The molecule has 0 spiro atoms. The van der Waals surface area contributed by atoms with Crippen LogP contribution in [0, 0.1) is 5.92 Å². The predicted octanol–water partition coefficient (Wildman–Crippen LogP) is 2.06. The summed E-state index contributed by atoms with van der Waals surface area (Å²) in [6.45, 7) is 9.05. The maximum absolute atomic E-state index is 12.5. The highest BCUT2D eigenvalue weighted by atomic mass is 16.5. The lowest BCUT2D eigenvalue weighted by Gasteiger charge is -2.24.